The maximum absolute atomic E-state index is 10.8. The molecule has 0 radical (unpaired) electrons. The van der Waals surface area contributed by atoms with E-state index in [1.54, 1.807) is 0 Å². The van der Waals surface area contributed by atoms with Gasteiger partial charge in [-0.1, -0.05) is 20.8 Å². The van der Waals surface area contributed by atoms with Crippen LogP contribution in [0.2, 0.25) is 18.1 Å². The van der Waals surface area contributed by atoms with Crippen LogP contribution in [0.5, 0.6) is 0 Å². The van der Waals surface area contributed by atoms with Gasteiger partial charge in [-0.05, 0) is 25.1 Å². The van der Waals surface area contributed by atoms with Crippen molar-refractivity contribution < 1.29 is 14.3 Å². The van der Waals surface area contributed by atoms with E-state index in [9.17, 15) is 4.79 Å². The summed E-state index contributed by atoms with van der Waals surface area (Å²) in [5.74, 6) is -1.03. The van der Waals surface area contributed by atoms with Crippen LogP contribution in [-0.4, -0.2) is 31.5 Å². The van der Waals surface area contributed by atoms with Gasteiger partial charge in [0.25, 0.3) is 0 Å². The molecule has 0 amide bonds. The Bertz CT molecular complexity index is 244. The second-order valence-corrected chi connectivity index (χ2v) is 10.6. The Kier molecular flexibility index (Phi) is 4.12. The molecule has 0 rings (SSSR count). The van der Waals surface area contributed by atoms with Gasteiger partial charge in [-0.3, -0.25) is 4.79 Å². The van der Waals surface area contributed by atoms with E-state index >= 15 is 0 Å². The summed E-state index contributed by atoms with van der Waals surface area (Å²) in [6.07, 6.45) is 0. The van der Waals surface area contributed by atoms with E-state index in [1.165, 1.54) is 6.92 Å². The van der Waals surface area contributed by atoms with Gasteiger partial charge in [0, 0.05) is 0 Å². The summed E-state index contributed by atoms with van der Waals surface area (Å²) in [6.45, 7) is 12.0. The summed E-state index contributed by atoms with van der Waals surface area (Å²) < 4.78 is 5.75. The number of hydrogen-bond acceptors (Lipinski definition) is 3. The van der Waals surface area contributed by atoms with Crippen molar-refractivity contribution >= 4 is 14.3 Å². The molecule has 0 aliphatic carbocycles. The lowest BCUT2D eigenvalue weighted by molar-refractivity contribution is -0.143. The Labute approximate surface area is 92.9 Å². The zero-order valence-corrected chi connectivity index (χ0v) is 11.5. The first-order chi connectivity index (χ1) is 6.40. The lowest BCUT2D eigenvalue weighted by Gasteiger charge is -2.37. The summed E-state index contributed by atoms with van der Waals surface area (Å²) in [5, 5.41) is 8.92. The molecule has 0 aromatic carbocycles. The van der Waals surface area contributed by atoms with Gasteiger partial charge >= 0.3 is 5.97 Å². The van der Waals surface area contributed by atoms with Crippen molar-refractivity contribution in [3.05, 3.63) is 0 Å². The highest BCUT2D eigenvalue weighted by Gasteiger charge is 2.40. The minimum Gasteiger partial charge on any atom is -0.480 e. The van der Waals surface area contributed by atoms with Crippen LogP contribution in [0.4, 0.5) is 0 Å². The minimum atomic E-state index is -1.90. The Morgan fingerprint density at radius 3 is 2.00 bits per heavy atom. The van der Waals surface area contributed by atoms with Crippen molar-refractivity contribution in [1.82, 2.24) is 0 Å². The number of hydrogen-bond donors (Lipinski definition) is 2. The second kappa shape index (κ2) is 4.23. The van der Waals surface area contributed by atoms with Gasteiger partial charge in [-0.25, -0.2) is 0 Å². The number of carbonyl (C=O) groups is 1. The molecular weight excluding hydrogens is 210 g/mol. The molecule has 0 spiro atoms. The summed E-state index contributed by atoms with van der Waals surface area (Å²) in [4.78, 5) is 10.8. The molecule has 1 atom stereocenters. The smallest absolute Gasteiger partial charge is 0.325 e. The van der Waals surface area contributed by atoms with Crippen LogP contribution in [0, 0.1) is 0 Å². The van der Waals surface area contributed by atoms with Crippen LogP contribution in [0.15, 0.2) is 0 Å². The minimum absolute atomic E-state index is 0.0683. The first-order valence-corrected chi connectivity index (χ1v) is 7.97. The van der Waals surface area contributed by atoms with Crippen LogP contribution in [0.1, 0.15) is 27.7 Å². The normalized spacial score (nSPS) is 17.3. The molecule has 0 aromatic rings. The molecule has 0 heterocycles. The molecule has 3 N–H and O–H groups in total. The summed E-state index contributed by atoms with van der Waals surface area (Å²) in [6, 6.07) is 0. The third kappa shape index (κ3) is 3.93. The van der Waals surface area contributed by atoms with Crippen LogP contribution in [0.25, 0.3) is 0 Å². The fourth-order valence-corrected chi connectivity index (χ4v) is 1.70. The molecule has 0 fully saturated rings. The van der Waals surface area contributed by atoms with Gasteiger partial charge < -0.3 is 15.3 Å². The van der Waals surface area contributed by atoms with E-state index in [0.29, 0.717) is 0 Å². The summed E-state index contributed by atoms with van der Waals surface area (Å²) in [7, 11) is -1.90. The Hall–Kier alpha value is -0.393. The fraction of sp³-hybridized carbons (Fsp3) is 0.900. The average molecular weight is 233 g/mol. The van der Waals surface area contributed by atoms with Crippen molar-refractivity contribution in [2.75, 3.05) is 6.61 Å². The molecule has 0 saturated carbocycles. The highest BCUT2D eigenvalue weighted by Crippen LogP contribution is 2.36. The van der Waals surface area contributed by atoms with Gasteiger partial charge in [0.2, 0.25) is 0 Å². The van der Waals surface area contributed by atoms with Crippen LogP contribution in [-0.2, 0) is 9.22 Å². The molecule has 0 aromatic heterocycles. The van der Waals surface area contributed by atoms with Crippen molar-refractivity contribution in [3.63, 3.8) is 0 Å². The molecular formula is C10H23NO3Si. The van der Waals surface area contributed by atoms with Gasteiger partial charge in [0.15, 0.2) is 8.32 Å². The first-order valence-electron chi connectivity index (χ1n) is 5.06. The standard InChI is InChI=1S/C10H23NO3Si/c1-9(2,3)15(5,6)14-7-10(4,11)8(12)13/h7,11H2,1-6H3,(H,12,13)/t10-/m0/s1. The van der Waals surface area contributed by atoms with Gasteiger partial charge in [-0.2, -0.15) is 0 Å². The van der Waals surface area contributed by atoms with E-state index in [-0.39, 0.29) is 11.6 Å². The predicted molar refractivity (Wildman–Crippen MR) is 63.4 cm³/mol. The Balaban J connectivity index is 4.47. The third-order valence-electron chi connectivity index (χ3n) is 3.03. The Morgan fingerprint density at radius 2 is 1.73 bits per heavy atom. The molecule has 5 heteroatoms. The SMILES string of the molecule is CC(C)(C)[Si](C)(C)OC[C@](C)(N)C(=O)O. The van der Waals surface area contributed by atoms with Crippen molar-refractivity contribution in [2.24, 2.45) is 5.73 Å². The highest BCUT2D eigenvalue weighted by molar-refractivity contribution is 6.74. The molecule has 0 unspecified atom stereocenters. The zero-order valence-electron chi connectivity index (χ0n) is 10.5. The lowest BCUT2D eigenvalue weighted by Crippen LogP contribution is -2.53. The van der Waals surface area contributed by atoms with Gasteiger partial charge in [0.1, 0.15) is 5.54 Å². The zero-order chi connectivity index (χ0) is 12.5. The third-order valence-corrected chi connectivity index (χ3v) is 7.51. The maximum Gasteiger partial charge on any atom is 0.325 e. The van der Waals surface area contributed by atoms with E-state index < -0.39 is 19.8 Å². The van der Waals surface area contributed by atoms with Gasteiger partial charge in [-0.15, -0.1) is 0 Å². The van der Waals surface area contributed by atoms with Gasteiger partial charge in [0.05, 0.1) is 6.61 Å². The maximum atomic E-state index is 10.8. The average Bonchev–Trinajstić information content (AvgIpc) is 1.99. The quantitative estimate of drug-likeness (QED) is 0.726. The molecule has 4 nitrogen and oxygen atoms in total. The molecule has 0 saturated heterocycles. The lowest BCUT2D eigenvalue weighted by atomic mass is 10.1. The van der Waals surface area contributed by atoms with Crippen LogP contribution < -0.4 is 5.73 Å². The molecule has 15 heavy (non-hydrogen) atoms. The monoisotopic (exact) mass is 233 g/mol. The topological polar surface area (TPSA) is 72.5 Å². The number of carboxylic acid groups (broad SMARTS) is 1. The van der Waals surface area contributed by atoms with Crippen molar-refractivity contribution in [2.45, 2.75) is 51.4 Å². The highest BCUT2D eigenvalue weighted by atomic mass is 28.4. The molecule has 0 aliphatic heterocycles. The van der Waals surface area contributed by atoms with Crippen LogP contribution in [0.3, 0.4) is 0 Å². The van der Waals surface area contributed by atoms with E-state index in [0.717, 1.165) is 0 Å². The summed E-state index contributed by atoms with van der Waals surface area (Å²) >= 11 is 0. The number of carboxylic acids is 1. The molecule has 0 aliphatic rings. The van der Waals surface area contributed by atoms with E-state index in [1.807, 2.05) is 0 Å². The number of nitrogens with two attached hydrogens (primary N) is 1. The molecule has 90 valence electrons. The van der Waals surface area contributed by atoms with Crippen molar-refractivity contribution in [3.8, 4) is 0 Å². The fourth-order valence-electron chi connectivity index (χ4n) is 0.609. The predicted octanol–water partition coefficient (Wildman–Crippen LogP) is 1.81. The first kappa shape index (κ1) is 14.6. The van der Waals surface area contributed by atoms with E-state index in [2.05, 4.69) is 33.9 Å². The Morgan fingerprint density at radius 1 is 1.33 bits per heavy atom. The number of rotatable bonds is 4. The molecule has 0 bridgehead atoms. The van der Waals surface area contributed by atoms with E-state index in [4.69, 9.17) is 15.3 Å². The second-order valence-electron chi connectivity index (χ2n) is 5.77. The summed E-state index contributed by atoms with van der Waals surface area (Å²) in [5.41, 5.74) is 4.31. The largest absolute Gasteiger partial charge is 0.480 e. The van der Waals surface area contributed by atoms with Crippen LogP contribution >= 0.6 is 0 Å². The van der Waals surface area contributed by atoms with Crippen molar-refractivity contribution in [1.29, 1.82) is 0 Å². The number of aliphatic carboxylic acids is 1.